The highest BCUT2D eigenvalue weighted by molar-refractivity contribution is 6.47. The third kappa shape index (κ3) is 3.74. The minimum atomic E-state index is -0.756. The predicted molar refractivity (Wildman–Crippen MR) is 103 cm³/mol. The quantitative estimate of drug-likeness (QED) is 0.520. The zero-order valence-electron chi connectivity index (χ0n) is 15.0. The molecule has 3 aromatic rings. The van der Waals surface area contributed by atoms with E-state index in [2.05, 4.69) is 15.5 Å². The lowest BCUT2D eigenvalue weighted by Gasteiger charge is -2.10. The SMILES string of the molecule is Cc1nn(C)c(C)c1C(=O)C(=O)Nc1ccnn1Cc1cccc(Cl)c1Cl. The van der Waals surface area contributed by atoms with E-state index in [-0.39, 0.29) is 0 Å². The number of hydrogen-bond acceptors (Lipinski definition) is 4. The van der Waals surface area contributed by atoms with Crippen LogP contribution in [0.15, 0.2) is 30.5 Å². The molecule has 1 aromatic carbocycles. The normalized spacial score (nSPS) is 10.9. The van der Waals surface area contributed by atoms with Crippen LogP contribution in [0.5, 0.6) is 0 Å². The summed E-state index contributed by atoms with van der Waals surface area (Å²) in [7, 11) is 1.72. The highest BCUT2D eigenvalue weighted by Gasteiger charge is 2.24. The number of anilines is 1. The molecular weight excluding hydrogens is 389 g/mol. The molecule has 1 N–H and O–H groups in total. The second-order valence-corrected chi connectivity index (χ2v) is 6.82. The standard InChI is InChI=1S/C18H17Cl2N5O2/c1-10-15(11(2)24(3)23-10)17(26)18(27)22-14-7-8-21-25(14)9-12-5-4-6-13(19)16(12)20/h4-8H,9H2,1-3H3,(H,22,27). The van der Waals surface area contributed by atoms with Crippen LogP contribution in [0.4, 0.5) is 5.82 Å². The van der Waals surface area contributed by atoms with Crippen LogP contribution in [-0.2, 0) is 18.4 Å². The van der Waals surface area contributed by atoms with Crippen LogP contribution < -0.4 is 5.32 Å². The summed E-state index contributed by atoms with van der Waals surface area (Å²) in [6.07, 6.45) is 1.53. The molecule has 0 unspecified atom stereocenters. The second-order valence-electron chi connectivity index (χ2n) is 6.04. The van der Waals surface area contributed by atoms with Gasteiger partial charge >= 0.3 is 0 Å². The molecule has 140 valence electrons. The van der Waals surface area contributed by atoms with E-state index in [0.29, 0.717) is 39.4 Å². The summed E-state index contributed by atoms with van der Waals surface area (Å²) >= 11 is 12.2. The molecule has 1 amide bonds. The monoisotopic (exact) mass is 405 g/mol. The molecular formula is C18H17Cl2N5O2. The summed E-state index contributed by atoms with van der Waals surface area (Å²) in [5.41, 5.74) is 2.19. The van der Waals surface area contributed by atoms with Crippen LogP contribution in [-0.4, -0.2) is 31.3 Å². The van der Waals surface area contributed by atoms with Gasteiger partial charge in [-0.15, -0.1) is 0 Å². The van der Waals surface area contributed by atoms with E-state index in [1.165, 1.54) is 10.9 Å². The zero-order valence-corrected chi connectivity index (χ0v) is 16.5. The highest BCUT2D eigenvalue weighted by Crippen LogP contribution is 2.26. The molecule has 0 radical (unpaired) electrons. The van der Waals surface area contributed by atoms with Crippen molar-refractivity contribution in [2.45, 2.75) is 20.4 Å². The van der Waals surface area contributed by atoms with Crippen molar-refractivity contribution in [2.24, 2.45) is 7.05 Å². The van der Waals surface area contributed by atoms with Gasteiger partial charge in [0.15, 0.2) is 0 Å². The Morgan fingerprint density at radius 2 is 1.93 bits per heavy atom. The van der Waals surface area contributed by atoms with Crippen molar-refractivity contribution in [2.75, 3.05) is 5.32 Å². The van der Waals surface area contributed by atoms with Gasteiger partial charge in [0.2, 0.25) is 0 Å². The highest BCUT2D eigenvalue weighted by atomic mass is 35.5. The van der Waals surface area contributed by atoms with Gasteiger partial charge in [-0.3, -0.25) is 14.3 Å². The van der Waals surface area contributed by atoms with Gasteiger partial charge in [-0.1, -0.05) is 35.3 Å². The fourth-order valence-electron chi connectivity index (χ4n) is 2.79. The first-order chi connectivity index (χ1) is 12.8. The molecule has 2 aromatic heterocycles. The molecule has 0 aliphatic rings. The number of aryl methyl sites for hydroxylation is 2. The number of amides is 1. The molecule has 0 aliphatic heterocycles. The molecule has 2 heterocycles. The average Bonchev–Trinajstić information content (AvgIpc) is 3.15. The Labute approximate surface area is 165 Å². The number of rotatable bonds is 5. The number of halogens is 2. The molecule has 0 saturated carbocycles. The summed E-state index contributed by atoms with van der Waals surface area (Å²) in [5, 5.41) is 11.8. The summed E-state index contributed by atoms with van der Waals surface area (Å²) in [5.74, 6) is -1.02. The number of nitrogens with zero attached hydrogens (tertiary/aromatic N) is 4. The number of nitrogens with one attached hydrogen (secondary N) is 1. The van der Waals surface area contributed by atoms with Crippen molar-refractivity contribution < 1.29 is 9.59 Å². The Hall–Kier alpha value is -2.64. The number of aromatic nitrogens is 4. The lowest BCUT2D eigenvalue weighted by Crippen LogP contribution is -2.25. The van der Waals surface area contributed by atoms with Crippen molar-refractivity contribution in [3.63, 3.8) is 0 Å². The van der Waals surface area contributed by atoms with Crippen molar-refractivity contribution in [1.29, 1.82) is 0 Å². The molecule has 0 atom stereocenters. The minimum Gasteiger partial charge on any atom is -0.304 e. The fourth-order valence-corrected chi connectivity index (χ4v) is 3.17. The van der Waals surface area contributed by atoms with E-state index < -0.39 is 11.7 Å². The smallest absolute Gasteiger partial charge is 0.298 e. The van der Waals surface area contributed by atoms with E-state index in [0.717, 1.165) is 5.56 Å². The number of carbonyl (C=O) groups excluding carboxylic acids is 2. The van der Waals surface area contributed by atoms with Gasteiger partial charge in [0.1, 0.15) is 5.82 Å². The summed E-state index contributed by atoms with van der Waals surface area (Å²) in [6.45, 7) is 3.73. The van der Waals surface area contributed by atoms with E-state index in [1.54, 1.807) is 43.8 Å². The van der Waals surface area contributed by atoms with Crippen LogP contribution in [0.3, 0.4) is 0 Å². The van der Waals surface area contributed by atoms with Gasteiger partial charge in [-0.05, 0) is 25.5 Å². The van der Waals surface area contributed by atoms with E-state index in [9.17, 15) is 9.59 Å². The van der Waals surface area contributed by atoms with Crippen LogP contribution in [0.2, 0.25) is 10.0 Å². The lowest BCUT2D eigenvalue weighted by molar-refractivity contribution is -0.112. The van der Waals surface area contributed by atoms with E-state index >= 15 is 0 Å². The van der Waals surface area contributed by atoms with Gasteiger partial charge in [0.05, 0.1) is 34.0 Å². The van der Waals surface area contributed by atoms with Gasteiger partial charge in [-0.2, -0.15) is 10.2 Å². The molecule has 7 nitrogen and oxygen atoms in total. The van der Waals surface area contributed by atoms with Crippen molar-refractivity contribution in [3.8, 4) is 0 Å². The van der Waals surface area contributed by atoms with Crippen molar-refractivity contribution in [1.82, 2.24) is 19.6 Å². The van der Waals surface area contributed by atoms with E-state index in [4.69, 9.17) is 23.2 Å². The van der Waals surface area contributed by atoms with Crippen molar-refractivity contribution in [3.05, 3.63) is 63.0 Å². The number of carbonyl (C=O) groups is 2. The van der Waals surface area contributed by atoms with E-state index in [1.807, 2.05) is 6.07 Å². The molecule has 0 saturated heterocycles. The van der Waals surface area contributed by atoms with Gasteiger partial charge in [0, 0.05) is 18.8 Å². The number of benzene rings is 1. The number of hydrogen-bond donors (Lipinski definition) is 1. The lowest BCUT2D eigenvalue weighted by atomic mass is 10.1. The fraction of sp³-hybridized carbons (Fsp3) is 0.222. The van der Waals surface area contributed by atoms with Crippen molar-refractivity contribution >= 4 is 40.7 Å². The van der Waals surface area contributed by atoms with Gasteiger partial charge < -0.3 is 5.32 Å². The Kier molecular flexibility index (Phi) is 5.34. The summed E-state index contributed by atoms with van der Waals surface area (Å²) < 4.78 is 3.10. The second kappa shape index (κ2) is 7.54. The Balaban J connectivity index is 1.81. The molecule has 3 rings (SSSR count). The van der Waals surface area contributed by atoms with Crippen LogP contribution >= 0.6 is 23.2 Å². The summed E-state index contributed by atoms with van der Waals surface area (Å²) in [6, 6.07) is 6.89. The first kappa shape index (κ1) is 19.1. The van der Waals surface area contributed by atoms with Crippen LogP contribution in [0, 0.1) is 13.8 Å². The maximum absolute atomic E-state index is 12.6. The predicted octanol–water partition coefficient (Wildman–Crippen LogP) is 3.41. The maximum Gasteiger partial charge on any atom is 0.298 e. The molecule has 0 spiro atoms. The Morgan fingerprint density at radius 3 is 2.59 bits per heavy atom. The number of Topliss-reactive ketones (excluding diaryl/α,β-unsaturated/α-hetero) is 1. The minimum absolute atomic E-state index is 0.293. The Bertz CT molecular complexity index is 1040. The Morgan fingerprint density at radius 1 is 1.19 bits per heavy atom. The molecule has 0 bridgehead atoms. The van der Waals surface area contributed by atoms with Gasteiger partial charge in [-0.25, -0.2) is 4.68 Å². The maximum atomic E-state index is 12.6. The summed E-state index contributed by atoms with van der Waals surface area (Å²) in [4.78, 5) is 25.0. The third-order valence-corrected chi connectivity index (χ3v) is 5.11. The molecule has 27 heavy (non-hydrogen) atoms. The largest absolute Gasteiger partial charge is 0.304 e. The topological polar surface area (TPSA) is 81.8 Å². The first-order valence-corrected chi connectivity index (χ1v) is 8.85. The molecule has 0 fully saturated rings. The zero-order chi connectivity index (χ0) is 19.7. The first-order valence-electron chi connectivity index (χ1n) is 8.10. The average molecular weight is 406 g/mol. The molecule has 9 heteroatoms. The van der Waals surface area contributed by atoms with Crippen LogP contribution in [0.1, 0.15) is 27.3 Å². The number of ketones is 1. The molecule has 0 aliphatic carbocycles. The van der Waals surface area contributed by atoms with Crippen LogP contribution in [0.25, 0.3) is 0 Å². The van der Waals surface area contributed by atoms with Gasteiger partial charge in [0.25, 0.3) is 11.7 Å². The third-order valence-electron chi connectivity index (χ3n) is 4.25.